The van der Waals surface area contributed by atoms with Gasteiger partial charge in [-0.1, -0.05) is 39.7 Å². The van der Waals surface area contributed by atoms with E-state index in [2.05, 4.69) is 51.6 Å². The molecular weight excluding hydrogens is 374 g/mol. The Labute approximate surface area is 149 Å². The number of nitrogens with one attached hydrogen (secondary N) is 1. The van der Waals surface area contributed by atoms with Crippen LogP contribution in [0.4, 0.5) is 5.69 Å². The minimum atomic E-state index is 0.219. The standard InChI is InChI=1S/C19H17BrClNO/c1-23-18-8-5-11(20)9-16(18)19-14-4-2-3-13(14)15-10-12(21)6-7-17(15)22-19/h2-3,5-10,13-14,19,22H,4H2,1H3/t13-,14+,19+/m1/s1. The molecule has 0 radical (unpaired) electrons. The van der Waals surface area contributed by atoms with Crippen LogP contribution in [0, 0.1) is 5.92 Å². The summed E-state index contributed by atoms with van der Waals surface area (Å²) in [5.41, 5.74) is 3.65. The molecule has 23 heavy (non-hydrogen) atoms. The van der Waals surface area contributed by atoms with Crippen LogP contribution in [-0.4, -0.2) is 7.11 Å². The van der Waals surface area contributed by atoms with Crippen LogP contribution in [0.25, 0.3) is 0 Å². The summed E-state index contributed by atoms with van der Waals surface area (Å²) < 4.78 is 6.68. The molecule has 0 saturated carbocycles. The third-order valence-electron chi connectivity index (χ3n) is 4.85. The van der Waals surface area contributed by atoms with Crippen molar-refractivity contribution >= 4 is 33.2 Å². The molecule has 2 aliphatic rings. The van der Waals surface area contributed by atoms with Crippen molar-refractivity contribution in [3.05, 3.63) is 69.2 Å². The lowest BCUT2D eigenvalue weighted by Crippen LogP contribution is -2.29. The summed E-state index contributed by atoms with van der Waals surface area (Å²) in [7, 11) is 1.73. The second kappa shape index (κ2) is 5.88. The van der Waals surface area contributed by atoms with Crippen molar-refractivity contribution in [2.75, 3.05) is 12.4 Å². The van der Waals surface area contributed by atoms with Crippen molar-refractivity contribution < 1.29 is 4.74 Å². The van der Waals surface area contributed by atoms with Gasteiger partial charge in [0, 0.05) is 26.7 Å². The predicted molar refractivity (Wildman–Crippen MR) is 98.5 cm³/mol. The number of benzene rings is 2. The van der Waals surface area contributed by atoms with Gasteiger partial charge in [0.05, 0.1) is 13.2 Å². The molecule has 0 spiro atoms. The van der Waals surface area contributed by atoms with E-state index in [1.807, 2.05) is 18.2 Å². The first-order chi connectivity index (χ1) is 11.2. The molecule has 4 heteroatoms. The minimum Gasteiger partial charge on any atom is -0.496 e. The van der Waals surface area contributed by atoms with Gasteiger partial charge in [0.15, 0.2) is 0 Å². The van der Waals surface area contributed by atoms with Crippen LogP contribution in [-0.2, 0) is 0 Å². The van der Waals surface area contributed by atoms with Crippen LogP contribution in [0.15, 0.2) is 53.0 Å². The van der Waals surface area contributed by atoms with E-state index < -0.39 is 0 Å². The zero-order chi connectivity index (χ0) is 16.0. The Morgan fingerprint density at radius 2 is 2.04 bits per heavy atom. The van der Waals surface area contributed by atoms with Gasteiger partial charge in [0.25, 0.3) is 0 Å². The van der Waals surface area contributed by atoms with E-state index in [1.54, 1.807) is 7.11 Å². The molecule has 0 amide bonds. The largest absolute Gasteiger partial charge is 0.496 e. The smallest absolute Gasteiger partial charge is 0.124 e. The Balaban J connectivity index is 1.82. The van der Waals surface area contributed by atoms with Gasteiger partial charge in [-0.3, -0.25) is 0 Å². The van der Waals surface area contributed by atoms with Crippen molar-refractivity contribution in [2.24, 2.45) is 5.92 Å². The molecule has 0 unspecified atom stereocenters. The molecule has 1 aliphatic carbocycles. The highest BCUT2D eigenvalue weighted by Crippen LogP contribution is 2.51. The van der Waals surface area contributed by atoms with Crippen LogP contribution in [0.3, 0.4) is 0 Å². The maximum Gasteiger partial charge on any atom is 0.124 e. The van der Waals surface area contributed by atoms with E-state index >= 15 is 0 Å². The number of hydrogen-bond acceptors (Lipinski definition) is 2. The molecule has 1 heterocycles. The summed E-state index contributed by atoms with van der Waals surface area (Å²) in [5, 5.41) is 4.51. The Bertz CT molecular complexity index is 789. The molecule has 1 aliphatic heterocycles. The molecule has 1 N–H and O–H groups in total. The lowest BCUT2D eigenvalue weighted by atomic mass is 9.77. The quantitative estimate of drug-likeness (QED) is 0.641. The van der Waals surface area contributed by atoms with E-state index in [9.17, 15) is 0 Å². The maximum absolute atomic E-state index is 6.21. The van der Waals surface area contributed by atoms with Gasteiger partial charge in [-0.15, -0.1) is 0 Å². The van der Waals surface area contributed by atoms with Crippen LogP contribution in [0.2, 0.25) is 5.02 Å². The maximum atomic E-state index is 6.21. The number of ether oxygens (including phenoxy) is 1. The van der Waals surface area contributed by atoms with Crippen LogP contribution in [0.5, 0.6) is 5.75 Å². The molecule has 0 fully saturated rings. The summed E-state index contributed by atoms with van der Waals surface area (Å²) in [6.45, 7) is 0. The van der Waals surface area contributed by atoms with Crippen LogP contribution < -0.4 is 10.1 Å². The monoisotopic (exact) mass is 389 g/mol. The first-order valence-corrected chi connectivity index (χ1v) is 8.90. The van der Waals surface area contributed by atoms with Crippen LogP contribution >= 0.6 is 27.5 Å². The molecule has 0 bridgehead atoms. The Kier molecular flexibility index (Phi) is 3.86. The molecule has 3 atom stereocenters. The number of methoxy groups -OCH3 is 1. The van der Waals surface area contributed by atoms with E-state index in [4.69, 9.17) is 16.3 Å². The fourth-order valence-corrected chi connectivity index (χ4v) is 4.38. The van der Waals surface area contributed by atoms with E-state index in [0.29, 0.717) is 11.8 Å². The normalized spacial score (nSPS) is 24.7. The summed E-state index contributed by atoms with van der Waals surface area (Å²) in [5.74, 6) is 1.80. The second-order valence-electron chi connectivity index (χ2n) is 6.09. The Morgan fingerprint density at radius 3 is 2.87 bits per heavy atom. The fourth-order valence-electron chi connectivity index (χ4n) is 3.82. The molecule has 2 aromatic carbocycles. The zero-order valence-electron chi connectivity index (χ0n) is 12.7. The lowest BCUT2D eigenvalue weighted by molar-refractivity contribution is 0.381. The van der Waals surface area contributed by atoms with E-state index in [1.165, 1.54) is 11.1 Å². The highest BCUT2D eigenvalue weighted by Gasteiger charge is 2.39. The average molecular weight is 391 g/mol. The first kappa shape index (κ1) is 15.1. The SMILES string of the molecule is COc1ccc(Br)cc1[C@H]1Nc2ccc(Cl)cc2[C@@H]2C=CC[C@H]12. The third kappa shape index (κ3) is 2.56. The molecule has 0 saturated heterocycles. The van der Waals surface area contributed by atoms with Gasteiger partial charge in [-0.25, -0.2) is 0 Å². The highest BCUT2D eigenvalue weighted by molar-refractivity contribution is 9.10. The van der Waals surface area contributed by atoms with E-state index in [0.717, 1.165) is 27.4 Å². The molecule has 118 valence electrons. The van der Waals surface area contributed by atoms with Gasteiger partial charge in [-0.2, -0.15) is 0 Å². The summed E-state index contributed by atoms with van der Waals surface area (Å²) in [4.78, 5) is 0. The number of fused-ring (bicyclic) bond motifs is 3. The molecule has 2 nitrogen and oxygen atoms in total. The van der Waals surface area contributed by atoms with Gasteiger partial charge in [-0.05, 0) is 54.3 Å². The average Bonchev–Trinajstić information content (AvgIpc) is 3.04. The number of allylic oxidation sites excluding steroid dienone is 2. The molecule has 4 rings (SSSR count). The van der Waals surface area contributed by atoms with Crippen molar-refractivity contribution in [1.29, 1.82) is 0 Å². The second-order valence-corrected chi connectivity index (χ2v) is 7.45. The minimum absolute atomic E-state index is 0.219. The van der Waals surface area contributed by atoms with Gasteiger partial charge in [0.1, 0.15) is 5.75 Å². The van der Waals surface area contributed by atoms with Crippen molar-refractivity contribution in [3.63, 3.8) is 0 Å². The van der Waals surface area contributed by atoms with Gasteiger partial charge < -0.3 is 10.1 Å². The summed E-state index contributed by atoms with van der Waals surface area (Å²) in [6, 6.07) is 12.5. The van der Waals surface area contributed by atoms with Crippen molar-refractivity contribution in [2.45, 2.75) is 18.4 Å². The van der Waals surface area contributed by atoms with E-state index in [-0.39, 0.29) is 6.04 Å². The number of rotatable bonds is 2. The predicted octanol–water partition coefficient (Wildman–Crippen LogP) is 5.94. The summed E-state index contributed by atoms with van der Waals surface area (Å²) >= 11 is 9.80. The topological polar surface area (TPSA) is 21.3 Å². The van der Waals surface area contributed by atoms with Crippen LogP contribution in [0.1, 0.15) is 29.5 Å². The fraction of sp³-hybridized carbons (Fsp3) is 0.263. The first-order valence-electron chi connectivity index (χ1n) is 7.73. The lowest BCUT2D eigenvalue weighted by Gasteiger charge is -2.38. The Hall–Kier alpha value is -1.45. The third-order valence-corrected chi connectivity index (χ3v) is 5.58. The molecule has 0 aromatic heterocycles. The number of halogens is 2. The number of hydrogen-bond donors (Lipinski definition) is 1. The van der Waals surface area contributed by atoms with Gasteiger partial charge in [0.2, 0.25) is 0 Å². The van der Waals surface area contributed by atoms with Gasteiger partial charge >= 0.3 is 0 Å². The van der Waals surface area contributed by atoms with Crippen molar-refractivity contribution in [1.82, 2.24) is 0 Å². The Morgan fingerprint density at radius 1 is 1.17 bits per heavy atom. The van der Waals surface area contributed by atoms with Crippen molar-refractivity contribution in [3.8, 4) is 5.75 Å². The molecular formula is C19H17BrClNO. The summed E-state index contributed by atoms with van der Waals surface area (Å²) in [6.07, 6.45) is 5.66. The highest BCUT2D eigenvalue weighted by atomic mass is 79.9. The molecule has 2 aromatic rings. The zero-order valence-corrected chi connectivity index (χ0v) is 15.1. The number of anilines is 1.